The highest BCUT2D eigenvalue weighted by Gasteiger charge is 2.37. The minimum atomic E-state index is -5.09. The average molecular weight is 433 g/mol. The van der Waals surface area contributed by atoms with Gasteiger partial charge in [-0.15, -0.1) is 0 Å². The second-order valence-electron chi connectivity index (χ2n) is 5.42. The molecule has 0 fully saturated rings. The Hall–Kier alpha value is -3.20. The summed E-state index contributed by atoms with van der Waals surface area (Å²) in [7, 11) is 0. The number of benzene rings is 2. The fraction of sp³-hybridized carbons (Fsp3) is 0.118. The summed E-state index contributed by atoms with van der Waals surface area (Å²) >= 11 is 0.847. The highest BCUT2D eigenvalue weighted by atomic mass is 32.2. The first-order valence-corrected chi connectivity index (χ1v) is 8.29. The SMILES string of the molecule is N#CSc1ccc(NC(=O)C(=O)Nc2cc(C(F)(F)F)cc(C(F)(F)F)c2)cc1. The molecule has 5 nitrogen and oxygen atoms in total. The maximum absolute atomic E-state index is 12.8. The number of hydrogen-bond donors (Lipinski definition) is 2. The van der Waals surface area contributed by atoms with Crippen LogP contribution < -0.4 is 10.6 Å². The van der Waals surface area contributed by atoms with Crippen LogP contribution in [0.3, 0.4) is 0 Å². The molecular formula is C17H9F6N3O2S. The molecule has 0 aliphatic rings. The van der Waals surface area contributed by atoms with Gasteiger partial charge in [-0.3, -0.25) is 9.59 Å². The number of nitriles is 1. The van der Waals surface area contributed by atoms with Crippen LogP contribution in [0.15, 0.2) is 47.4 Å². The van der Waals surface area contributed by atoms with E-state index in [0.29, 0.717) is 4.90 Å². The molecule has 2 rings (SSSR count). The van der Waals surface area contributed by atoms with Crippen LogP contribution in [0.2, 0.25) is 0 Å². The van der Waals surface area contributed by atoms with Gasteiger partial charge < -0.3 is 10.6 Å². The van der Waals surface area contributed by atoms with Crippen LogP contribution in [-0.4, -0.2) is 11.8 Å². The van der Waals surface area contributed by atoms with Gasteiger partial charge in [-0.2, -0.15) is 31.6 Å². The van der Waals surface area contributed by atoms with Crippen molar-refractivity contribution in [3.63, 3.8) is 0 Å². The second kappa shape index (κ2) is 8.44. The number of carbonyl (C=O) groups is 2. The van der Waals surface area contributed by atoms with Gasteiger partial charge in [-0.05, 0) is 54.2 Å². The predicted molar refractivity (Wildman–Crippen MR) is 91.6 cm³/mol. The van der Waals surface area contributed by atoms with Crippen LogP contribution in [0.4, 0.5) is 37.7 Å². The number of nitrogens with zero attached hydrogens (tertiary/aromatic N) is 1. The lowest BCUT2D eigenvalue weighted by Gasteiger charge is -2.14. The molecular weight excluding hydrogens is 424 g/mol. The molecule has 0 unspecified atom stereocenters. The largest absolute Gasteiger partial charge is 0.416 e. The molecule has 0 bridgehead atoms. The van der Waals surface area contributed by atoms with Gasteiger partial charge in [-0.1, -0.05) is 0 Å². The van der Waals surface area contributed by atoms with Crippen LogP contribution in [0.25, 0.3) is 0 Å². The Morgan fingerprint density at radius 1 is 0.793 bits per heavy atom. The minimum absolute atomic E-state index is 0.101. The molecule has 152 valence electrons. The number of thioether (sulfide) groups is 1. The van der Waals surface area contributed by atoms with Crippen LogP contribution in [0, 0.1) is 10.7 Å². The molecule has 2 amide bonds. The first-order valence-electron chi connectivity index (χ1n) is 7.48. The summed E-state index contributed by atoms with van der Waals surface area (Å²) < 4.78 is 77.0. The van der Waals surface area contributed by atoms with Crippen molar-refractivity contribution < 1.29 is 35.9 Å². The number of halogens is 6. The van der Waals surface area contributed by atoms with Crippen molar-refractivity contribution in [1.82, 2.24) is 0 Å². The monoisotopic (exact) mass is 433 g/mol. The molecule has 0 saturated heterocycles. The maximum atomic E-state index is 12.8. The normalized spacial score (nSPS) is 11.5. The third-order valence-electron chi connectivity index (χ3n) is 3.33. The molecule has 2 aromatic rings. The fourth-order valence-corrected chi connectivity index (χ4v) is 2.44. The van der Waals surface area contributed by atoms with Crippen molar-refractivity contribution >= 4 is 35.0 Å². The zero-order valence-electron chi connectivity index (χ0n) is 14.0. The van der Waals surface area contributed by atoms with E-state index in [4.69, 9.17) is 5.26 Å². The zero-order valence-corrected chi connectivity index (χ0v) is 14.8. The van der Waals surface area contributed by atoms with Gasteiger partial charge >= 0.3 is 24.2 Å². The van der Waals surface area contributed by atoms with Crippen molar-refractivity contribution in [3.05, 3.63) is 53.6 Å². The van der Waals surface area contributed by atoms with E-state index in [1.807, 2.05) is 5.40 Å². The van der Waals surface area contributed by atoms with Crippen LogP contribution in [0.1, 0.15) is 11.1 Å². The third kappa shape index (κ3) is 6.15. The number of carbonyl (C=O) groups excluding carboxylic acids is 2. The van der Waals surface area contributed by atoms with E-state index >= 15 is 0 Å². The second-order valence-corrected chi connectivity index (χ2v) is 6.28. The number of hydrogen-bond acceptors (Lipinski definition) is 4. The van der Waals surface area contributed by atoms with Gasteiger partial charge in [0.25, 0.3) is 0 Å². The summed E-state index contributed by atoms with van der Waals surface area (Å²) in [6.45, 7) is 0. The highest BCUT2D eigenvalue weighted by Crippen LogP contribution is 2.37. The Labute approximate surface area is 163 Å². The van der Waals surface area contributed by atoms with Crippen LogP contribution in [-0.2, 0) is 21.9 Å². The summed E-state index contributed by atoms with van der Waals surface area (Å²) in [6, 6.07) is 6.11. The summed E-state index contributed by atoms with van der Waals surface area (Å²) in [5.74, 6) is -2.77. The molecule has 0 heterocycles. The summed E-state index contributed by atoms with van der Waals surface area (Å²) in [6.07, 6.45) is -10.2. The van der Waals surface area contributed by atoms with E-state index in [1.54, 1.807) is 5.32 Å². The van der Waals surface area contributed by atoms with Crippen molar-refractivity contribution in [2.24, 2.45) is 0 Å². The van der Waals surface area contributed by atoms with Crippen LogP contribution in [0.5, 0.6) is 0 Å². The molecule has 29 heavy (non-hydrogen) atoms. The minimum Gasteiger partial charge on any atom is -0.318 e. The number of thiocyanates is 1. The van der Waals surface area contributed by atoms with Gasteiger partial charge in [0.1, 0.15) is 5.40 Å². The quantitative estimate of drug-likeness (QED) is 0.313. The molecule has 2 aromatic carbocycles. The Balaban J connectivity index is 2.18. The maximum Gasteiger partial charge on any atom is 0.416 e. The Bertz CT molecular complexity index is 933. The van der Waals surface area contributed by atoms with Crippen molar-refractivity contribution in [2.45, 2.75) is 17.2 Å². The zero-order chi connectivity index (χ0) is 21.8. The van der Waals surface area contributed by atoms with E-state index in [-0.39, 0.29) is 23.9 Å². The lowest BCUT2D eigenvalue weighted by Crippen LogP contribution is -2.29. The summed E-state index contributed by atoms with van der Waals surface area (Å²) in [5, 5.41) is 14.2. The molecule has 0 aliphatic carbocycles. The van der Waals surface area contributed by atoms with E-state index in [2.05, 4.69) is 5.32 Å². The standard InChI is InChI=1S/C17H9F6N3O2S/c18-16(19,20)9-5-10(17(21,22)23)7-12(6-9)26-15(28)14(27)25-11-1-3-13(4-2-11)29-8-24/h1-7H,(H,25,27)(H,26,28). The lowest BCUT2D eigenvalue weighted by molar-refractivity contribution is -0.143. The number of nitrogens with one attached hydrogen (secondary N) is 2. The van der Waals surface area contributed by atoms with E-state index in [0.717, 1.165) is 11.8 Å². The molecule has 0 aliphatic heterocycles. The first kappa shape index (κ1) is 22.1. The van der Waals surface area contributed by atoms with Gasteiger partial charge in [0, 0.05) is 16.3 Å². The number of anilines is 2. The van der Waals surface area contributed by atoms with Gasteiger partial charge in [0.2, 0.25) is 0 Å². The topological polar surface area (TPSA) is 82.0 Å². The number of alkyl halides is 6. The van der Waals surface area contributed by atoms with Crippen molar-refractivity contribution in [3.8, 4) is 5.40 Å². The Morgan fingerprint density at radius 2 is 1.24 bits per heavy atom. The van der Waals surface area contributed by atoms with Gasteiger partial charge in [0.15, 0.2) is 0 Å². The molecule has 0 atom stereocenters. The Kier molecular flexibility index (Phi) is 6.43. The molecule has 0 aromatic heterocycles. The van der Waals surface area contributed by atoms with Crippen molar-refractivity contribution in [2.75, 3.05) is 10.6 Å². The van der Waals surface area contributed by atoms with E-state index < -0.39 is 41.0 Å². The summed E-state index contributed by atoms with van der Waals surface area (Å²) in [5.41, 5.74) is -3.97. The lowest BCUT2D eigenvalue weighted by atomic mass is 10.1. The summed E-state index contributed by atoms with van der Waals surface area (Å²) in [4.78, 5) is 24.3. The van der Waals surface area contributed by atoms with Crippen molar-refractivity contribution in [1.29, 1.82) is 5.26 Å². The highest BCUT2D eigenvalue weighted by molar-refractivity contribution is 8.03. The average Bonchev–Trinajstić information content (AvgIpc) is 2.61. The van der Waals surface area contributed by atoms with E-state index in [1.165, 1.54) is 24.3 Å². The van der Waals surface area contributed by atoms with Crippen LogP contribution >= 0.6 is 11.8 Å². The smallest absolute Gasteiger partial charge is 0.318 e. The first-order chi connectivity index (χ1) is 13.4. The number of rotatable bonds is 3. The van der Waals surface area contributed by atoms with Gasteiger partial charge in [0.05, 0.1) is 11.1 Å². The Morgan fingerprint density at radius 3 is 1.66 bits per heavy atom. The molecule has 0 saturated carbocycles. The van der Waals surface area contributed by atoms with E-state index in [9.17, 15) is 35.9 Å². The number of amides is 2. The third-order valence-corrected chi connectivity index (χ3v) is 3.93. The predicted octanol–water partition coefficient (Wildman–Crippen LogP) is 4.87. The molecule has 0 spiro atoms. The molecule has 12 heteroatoms. The molecule has 0 radical (unpaired) electrons. The van der Waals surface area contributed by atoms with Gasteiger partial charge in [-0.25, -0.2) is 0 Å². The molecule has 2 N–H and O–H groups in total. The fourth-order valence-electron chi connectivity index (χ4n) is 2.06.